The molecule has 2 aliphatic rings. The van der Waals surface area contributed by atoms with Crippen molar-refractivity contribution >= 4 is 5.97 Å². The van der Waals surface area contributed by atoms with Crippen molar-refractivity contribution in [2.75, 3.05) is 13.9 Å². The van der Waals surface area contributed by atoms with E-state index in [1.54, 1.807) is 31.4 Å². The van der Waals surface area contributed by atoms with Crippen molar-refractivity contribution in [3.8, 4) is 16.9 Å². The van der Waals surface area contributed by atoms with E-state index in [0.29, 0.717) is 16.9 Å². The van der Waals surface area contributed by atoms with Crippen LogP contribution in [-0.2, 0) is 31.2 Å². The molecule has 2 heterocycles. The van der Waals surface area contributed by atoms with Crippen molar-refractivity contribution in [1.29, 1.82) is 0 Å². The van der Waals surface area contributed by atoms with E-state index in [9.17, 15) is 9.90 Å². The van der Waals surface area contributed by atoms with Gasteiger partial charge in [0, 0.05) is 17.6 Å². The molecule has 166 valence electrons. The SMILES string of the molecule is COc1ccc(C2(O)OC(=O)C(C3=COCO3)=C2Cc2ccc(-c3ccccc3)cc2)cc1. The van der Waals surface area contributed by atoms with Crippen molar-refractivity contribution in [3.05, 3.63) is 113 Å². The van der Waals surface area contributed by atoms with Gasteiger partial charge in [0.2, 0.25) is 6.79 Å². The molecule has 1 unspecified atom stereocenters. The Morgan fingerprint density at radius 3 is 2.27 bits per heavy atom. The maximum Gasteiger partial charge on any atom is 0.345 e. The summed E-state index contributed by atoms with van der Waals surface area (Å²) in [7, 11) is 1.56. The Hall–Kier alpha value is -4.03. The smallest absolute Gasteiger partial charge is 0.345 e. The van der Waals surface area contributed by atoms with E-state index in [2.05, 4.69) is 0 Å². The van der Waals surface area contributed by atoms with Crippen LogP contribution in [0.15, 0.2) is 102 Å². The number of ether oxygens (including phenoxy) is 4. The number of hydrogen-bond donors (Lipinski definition) is 1. The van der Waals surface area contributed by atoms with Crippen molar-refractivity contribution in [3.63, 3.8) is 0 Å². The normalized spacial score (nSPS) is 19.6. The van der Waals surface area contributed by atoms with Gasteiger partial charge in [-0.25, -0.2) is 4.79 Å². The summed E-state index contributed by atoms with van der Waals surface area (Å²) in [6.45, 7) is 0.00608. The second kappa shape index (κ2) is 8.48. The van der Waals surface area contributed by atoms with Crippen LogP contribution < -0.4 is 4.74 Å². The molecule has 3 aromatic carbocycles. The highest BCUT2D eigenvalue weighted by Gasteiger charge is 2.49. The Morgan fingerprint density at radius 1 is 0.939 bits per heavy atom. The number of hydrogen-bond acceptors (Lipinski definition) is 6. The van der Waals surface area contributed by atoms with Crippen LogP contribution in [0.3, 0.4) is 0 Å². The Kier molecular flexibility index (Phi) is 5.36. The molecule has 0 aliphatic carbocycles. The Labute approximate surface area is 191 Å². The molecule has 6 nitrogen and oxygen atoms in total. The van der Waals surface area contributed by atoms with E-state index in [0.717, 1.165) is 16.7 Å². The van der Waals surface area contributed by atoms with E-state index < -0.39 is 11.8 Å². The average molecular weight is 442 g/mol. The number of esters is 1. The van der Waals surface area contributed by atoms with Crippen LogP contribution in [0.25, 0.3) is 11.1 Å². The van der Waals surface area contributed by atoms with Crippen LogP contribution in [0.4, 0.5) is 0 Å². The minimum absolute atomic E-state index is 0.00608. The summed E-state index contributed by atoms with van der Waals surface area (Å²) in [6, 6.07) is 24.8. The summed E-state index contributed by atoms with van der Waals surface area (Å²) in [5.41, 5.74) is 4.08. The maximum atomic E-state index is 12.9. The van der Waals surface area contributed by atoms with Crippen LogP contribution >= 0.6 is 0 Å². The lowest BCUT2D eigenvalue weighted by molar-refractivity contribution is -0.186. The molecule has 0 spiro atoms. The Morgan fingerprint density at radius 2 is 1.64 bits per heavy atom. The molecule has 1 N–H and O–H groups in total. The predicted octanol–water partition coefficient (Wildman–Crippen LogP) is 4.45. The van der Waals surface area contributed by atoms with Crippen LogP contribution in [0, 0.1) is 0 Å². The van der Waals surface area contributed by atoms with Crippen molar-refractivity contribution in [2.24, 2.45) is 0 Å². The summed E-state index contributed by atoms with van der Waals surface area (Å²) < 4.78 is 21.4. The number of carbonyl (C=O) groups excluding carboxylic acids is 1. The molecule has 0 fully saturated rings. The van der Waals surface area contributed by atoms with Gasteiger partial charge in [0.1, 0.15) is 17.6 Å². The molecule has 1 atom stereocenters. The van der Waals surface area contributed by atoms with Gasteiger partial charge in [0.25, 0.3) is 5.79 Å². The summed E-state index contributed by atoms with van der Waals surface area (Å²) in [4.78, 5) is 12.9. The first-order chi connectivity index (χ1) is 16.1. The van der Waals surface area contributed by atoms with Crippen molar-refractivity contribution in [2.45, 2.75) is 12.2 Å². The fourth-order valence-electron chi connectivity index (χ4n) is 4.07. The number of aliphatic hydroxyl groups is 1. The first kappa shape index (κ1) is 20.8. The van der Waals surface area contributed by atoms with Crippen LogP contribution in [0.5, 0.6) is 5.75 Å². The number of rotatable bonds is 6. The van der Waals surface area contributed by atoms with Gasteiger partial charge in [-0.1, -0.05) is 54.6 Å². The van der Waals surface area contributed by atoms with Gasteiger partial charge in [-0.3, -0.25) is 0 Å². The molecule has 33 heavy (non-hydrogen) atoms. The average Bonchev–Trinajstić information content (AvgIpc) is 3.47. The molecular formula is C27H22O6. The third-order valence-electron chi connectivity index (χ3n) is 5.80. The molecule has 3 aromatic rings. The maximum absolute atomic E-state index is 12.9. The van der Waals surface area contributed by atoms with Crippen LogP contribution in [0.1, 0.15) is 11.1 Å². The van der Waals surface area contributed by atoms with Gasteiger partial charge in [-0.05, 0) is 41.0 Å². The number of carbonyl (C=O) groups is 1. The molecule has 0 bridgehead atoms. The van der Waals surface area contributed by atoms with Crippen LogP contribution in [0.2, 0.25) is 0 Å². The highest BCUT2D eigenvalue weighted by atomic mass is 16.7. The second-order valence-electron chi connectivity index (χ2n) is 7.77. The fourth-order valence-corrected chi connectivity index (χ4v) is 4.07. The molecule has 0 saturated carbocycles. The fraction of sp³-hybridized carbons (Fsp3) is 0.148. The number of benzene rings is 3. The van der Waals surface area contributed by atoms with E-state index in [1.807, 2.05) is 54.6 Å². The first-order valence-corrected chi connectivity index (χ1v) is 10.5. The molecule has 0 saturated heterocycles. The zero-order valence-corrected chi connectivity index (χ0v) is 18.0. The molecule has 0 amide bonds. The number of cyclic esters (lactones) is 1. The predicted molar refractivity (Wildman–Crippen MR) is 121 cm³/mol. The van der Waals surface area contributed by atoms with E-state index in [-0.39, 0.29) is 24.5 Å². The molecule has 0 aromatic heterocycles. The van der Waals surface area contributed by atoms with Crippen molar-refractivity contribution < 1.29 is 28.8 Å². The Balaban J connectivity index is 1.54. The van der Waals surface area contributed by atoms with Gasteiger partial charge in [-0.2, -0.15) is 0 Å². The van der Waals surface area contributed by atoms with Crippen molar-refractivity contribution in [1.82, 2.24) is 0 Å². The topological polar surface area (TPSA) is 74.2 Å². The Bertz CT molecular complexity index is 1230. The summed E-state index contributed by atoms with van der Waals surface area (Å²) in [6.07, 6.45) is 1.65. The highest BCUT2D eigenvalue weighted by Crippen LogP contribution is 2.44. The lowest BCUT2D eigenvalue weighted by Gasteiger charge is -2.26. The van der Waals surface area contributed by atoms with Gasteiger partial charge in [0.05, 0.1) is 7.11 Å². The van der Waals surface area contributed by atoms with Gasteiger partial charge < -0.3 is 24.1 Å². The van der Waals surface area contributed by atoms with Gasteiger partial charge in [-0.15, -0.1) is 0 Å². The number of methoxy groups -OCH3 is 1. The zero-order valence-electron chi connectivity index (χ0n) is 18.0. The third-order valence-corrected chi connectivity index (χ3v) is 5.80. The zero-order chi connectivity index (χ0) is 22.8. The molecule has 2 aliphatic heterocycles. The quantitative estimate of drug-likeness (QED) is 0.569. The van der Waals surface area contributed by atoms with E-state index in [1.165, 1.54) is 6.26 Å². The molecule has 6 heteroatoms. The van der Waals surface area contributed by atoms with Crippen LogP contribution in [-0.4, -0.2) is 25.0 Å². The minimum Gasteiger partial charge on any atom is -0.497 e. The monoisotopic (exact) mass is 442 g/mol. The largest absolute Gasteiger partial charge is 0.497 e. The van der Waals surface area contributed by atoms with Gasteiger partial charge >= 0.3 is 5.97 Å². The molecule has 0 radical (unpaired) electrons. The van der Waals surface area contributed by atoms with E-state index in [4.69, 9.17) is 18.9 Å². The molecule has 5 rings (SSSR count). The summed E-state index contributed by atoms with van der Waals surface area (Å²) in [5, 5.41) is 11.6. The minimum atomic E-state index is -1.94. The summed E-state index contributed by atoms with van der Waals surface area (Å²) in [5.74, 6) is -1.73. The van der Waals surface area contributed by atoms with Gasteiger partial charge in [0.15, 0.2) is 5.76 Å². The summed E-state index contributed by atoms with van der Waals surface area (Å²) >= 11 is 0. The first-order valence-electron chi connectivity index (χ1n) is 10.5. The lowest BCUT2D eigenvalue weighted by Crippen LogP contribution is -2.29. The third kappa shape index (κ3) is 3.85. The highest BCUT2D eigenvalue weighted by molar-refractivity contribution is 5.97. The standard InChI is InChI=1S/C27H22O6/c1-30-22-13-11-21(12-14-22)27(29)23(25(26(28)33-27)24-16-31-17-32-24)15-18-7-9-20(10-8-18)19-5-3-2-4-6-19/h2-14,16,29H,15,17H2,1H3. The van der Waals surface area contributed by atoms with E-state index >= 15 is 0 Å². The lowest BCUT2D eigenvalue weighted by atomic mass is 9.89. The second-order valence-corrected chi connectivity index (χ2v) is 7.77. The molecular weight excluding hydrogens is 420 g/mol.